The van der Waals surface area contributed by atoms with Gasteiger partial charge in [0.2, 0.25) is 0 Å². The Labute approximate surface area is 56.3 Å². The van der Waals surface area contributed by atoms with Crippen molar-refractivity contribution in [1.82, 2.24) is 0 Å². The SMILES string of the molecule is FC(F)([18F])c1ccccc1. The van der Waals surface area contributed by atoms with Gasteiger partial charge >= 0.3 is 6.18 Å². The molecule has 0 aliphatic rings. The topological polar surface area (TPSA) is 0 Å². The molecule has 0 aromatic heterocycles. The summed E-state index contributed by atoms with van der Waals surface area (Å²) in [7, 11) is 0. The van der Waals surface area contributed by atoms with Gasteiger partial charge in [-0.3, -0.25) is 0 Å². The number of halogens is 3. The number of alkyl halides is 3. The molecular weight excluding hydrogens is 140 g/mol. The van der Waals surface area contributed by atoms with E-state index < -0.39 is 11.7 Å². The molecule has 0 spiro atoms. The first-order valence-electron chi connectivity index (χ1n) is 2.73. The summed E-state index contributed by atoms with van der Waals surface area (Å²) in [4.78, 5) is 0. The average molecular weight is 145 g/mol. The van der Waals surface area contributed by atoms with Crippen LogP contribution in [-0.4, -0.2) is 0 Å². The third-order valence-corrected chi connectivity index (χ3v) is 1.10. The van der Waals surface area contributed by atoms with E-state index in [1.165, 1.54) is 12.1 Å². The van der Waals surface area contributed by atoms with Crippen molar-refractivity contribution in [3.63, 3.8) is 0 Å². The van der Waals surface area contributed by atoms with Crippen molar-refractivity contribution in [3.8, 4) is 0 Å². The van der Waals surface area contributed by atoms with Crippen molar-refractivity contribution < 1.29 is 13.2 Å². The number of hydrogen-bond donors (Lipinski definition) is 0. The van der Waals surface area contributed by atoms with E-state index in [0.29, 0.717) is 0 Å². The van der Waals surface area contributed by atoms with Crippen LogP contribution in [0.15, 0.2) is 30.3 Å². The molecule has 1 aromatic carbocycles. The van der Waals surface area contributed by atoms with Crippen LogP contribution in [0, 0.1) is 0 Å². The standard InChI is InChI=1S/C7H5F3/c8-7(9,10)6-4-2-1-3-5-6/h1-5H/i8-1. The van der Waals surface area contributed by atoms with Crippen molar-refractivity contribution in [2.45, 2.75) is 6.18 Å². The van der Waals surface area contributed by atoms with Gasteiger partial charge < -0.3 is 0 Å². The van der Waals surface area contributed by atoms with Crippen molar-refractivity contribution in [3.05, 3.63) is 35.9 Å². The largest absolute Gasteiger partial charge is 0.416 e. The summed E-state index contributed by atoms with van der Waals surface area (Å²) in [6.07, 6.45) is -4.21. The van der Waals surface area contributed by atoms with Gasteiger partial charge in [0.15, 0.2) is 0 Å². The zero-order valence-electron chi connectivity index (χ0n) is 5.02. The van der Waals surface area contributed by atoms with E-state index in [-0.39, 0.29) is 0 Å². The normalized spacial score (nSPS) is 11.5. The van der Waals surface area contributed by atoms with Gasteiger partial charge in [0.1, 0.15) is 0 Å². The molecule has 0 saturated carbocycles. The number of hydrogen-bond acceptors (Lipinski definition) is 0. The van der Waals surface area contributed by atoms with Crippen molar-refractivity contribution in [1.29, 1.82) is 0 Å². The minimum atomic E-state index is -4.21. The third kappa shape index (κ3) is 1.50. The lowest BCUT2D eigenvalue weighted by atomic mass is 10.2. The van der Waals surface area contributed by atoms with Crippen LogP contribution in [0.25, 0.3) is 0 Å². The van der Waals surface area contributed by atoms with Gasteiger partial charge in [-0.1, -0.05) is 30.3 Å². The number of benzene rings is 1. The molecule has 0 N–H and O–H groups in total. The molecule has 0 heterocycles. The van der Waals surface area contributed by atoms with Crippen LogP contribution >= 0.6 is 0 Å². The molecule has 10 heavy (non-hydrogen) atoms. The molecule has 0 unspecified atom stereocenters. The van der Waals surface area contributed by atoms with Gasteiger partial charge in [-0.15, -0.1) is 0 Å². The lowest BCUT2D eigenvalue weighted by Gasteiger charge is -2.03. The molecule has 0 aliphatic carbocycles. The van der Waals surface area contributed by atoms with Crippen molar-refractivity contribution in [2.24, 2.45) is 0 Å². The van der Waals surface area contributed by atoms with E-state index in [2.05, 4.69) is 0 Å². The highest BCUT2D eigenvalue weighted by atomic mass is 19.3. The quantitative estimate of drug-likeness (QED) is 0.526. The van der Waals surface area contributed by atoms with Crippen LogP contribution in [0.4, 0.5) is 13.2 Å². The van der Waals surface area contributed by atoms with E-state index in [0.717, 1.165) is 12.1 Å². The fraction of sp³-hybridized carbons (Fsp3) is 0.143. The second-order valence-corrected chi connectivity index (χ2v) is 1.86. The second-order valence-electron chi connectivity index (χ2n) is 1.86. The summed E-state index contributed by atoms with van der Waals surface area (Å²) in [5.41, 5.74) is -0.602. The van der Waals surface area contributed by atoms with E-state index in [1.807, 2.05) is 0 Å². The van der Waals surface area contributed by atoms with Gasteiger partial charge in [-0.2, -0.15) is 13.2 Å². The molecule has 0 aliphatic heterocycles. The smallest absolute Gasteiger partial charge is 0.166 e. The fourth-order valence-corrected chi connectivity index (χ4v) is 0.627. The summed E-state index contributed by atoms with van der Waals surface area (Å²) in [6, 6.07) is 6.36. The van der Waals surface area contributed by atoms with Crippen LogP contribution in [0.5, 0.6) is 0 Å². The van der Waals surface area contributed by atoms with Crippen LogP contribution in [0.3, 0.4) is 0 Å². The van der Waals surface area contributed by atoms with Gasteiger partial charge in [0, 0.05) is 0 Å². The van der Waals surface area contributed by atoms with Gasteiger partial charge in [0.25, 0.3) is 0 Å². The lowest BCUT2D eigenvalue weighted by Crippen LogP contribution is -2.03. The van der Waals surface area contributed by atoms with Crippen molar-refractivity contribution >= 4 is 0 Å². The Balaban J connectivity index is 2.97. The van der Waals surface area contributed by atoms with E-state index in [4.69, 9.17) is 0 Å². The van der Waals surface area contributed by atoms with Crippen molar-refractivity contribution in [2.75, 3.05) is 0 Å². The molecule has 0 nitrogen and oxygen atoms in total. The van der Waals surface area contributed by atoms with Crippen LogP contribution in [-0.2, 0) is 6.18 Å². The minimum Gasteiger partial charge on any atom is -0.166 e. The minimum absolute atomic E-state index is 0.602. The summed E-state index contributed by atoms with van der Waals surface area (Å²) >= 11 is 0. The lowest BCUT2D eigenvalue weighted by molar-refractivity contribution is -0.137. The third-order valence-electron chi connectivity index (χ3n) is 1.10. The zero-order chi connectivity index (χ0) is 7.61. The summed E-state index contributed by atoms with van der Waals surface area (Å²) in [5, 5.41) is 0. The van der Waals surface area contributed by atoms with Crippen LogP contribution < -0.4 is 0 Å². The summed E-state index contributed by atoms with van der Waals surface area (Å²) in [6.45, 7) is 0. The average Bonchev–Trinajstić information content (AvgIpc) is 1.88. The zero-order valence-corrected chi connectivity index (χ0v) is 5.02. The molecule has 0 radical (unpaired) electrons. The molecule has 1 rings (SSSR count). The first-order chi connectivity index (χ1) is 4.61. The molecule has 0 atom stereocenters. The number of rotatable bonds is 0. The van der Waals surface area contributed by atoms with Gasteiger partial charge in [-0.05, 0) is 0 Å². The Kier molecular flexibility index (Phi) is 1.66. The Morgan fingerprint density at radius 3 is 1.70 bits per heavy atom. The predicted molar refractivity (Wildman–Crippen MR) is 31.4 cm³/mol. The maximum atomic E-state index is 11.8. The summed E-state index contributed by atoms with van der Waals surface area (Å²) < 4.78 is 35.4. The fourth-order valence-electron chi connectivity index (χ4n) is 0.627. The molecule has 0 fully saturated rings. The molecular formula is C7H5F3. The van der Waals surface area contributed by atoms with E-state index in [1.54, 1.807) is 6.07 Å². The molecule has 0 saturated heterocycles. The maximum Gasteiger partial charge on any atom is 0.416 e. The second kappa shape index (κ2) is 2.33. The molecule has 54 valence electrons. The molecule has 0 amide bonds. The van der Waals surface area contributed by atoms with Gasteiger partial charge in [-0.25, -0.2) is 0 Å². The Morgan fingerprint density at radius 1 is 0.900 bits per heavy atom. The summed E-state index contributed by atoms with van der Waals surface area (Å²) in [5.74, 6) is 0. The highest BCUT2D eigenvalue weighted by Crippen LogP contribution is 2.28. The molecule has 0 bridgehead atoms. The van der Waals surface area contributed by atoms with Crippen LogP contribution in [0.2, 0.25) is 0 Å². The Morgan fingerprint density at radius 2 is 1.40 bits per heavy atom. The maximum absolute atomic E-state index is 11.8. The van der Waals surface area contributed by atoms with E-state index in [9.17, 15) is 13.2 Å². The molecule has 3 heteroatoms. The van der Waals surface area contributed by atoms with E-state index >= 15 is 0 Å². The Hall–Kier alpha value is -0.990. The Bertz CT molecular complexity index is 200. The molecule has 1 aromatic rings. The van der Waals surface area contributed by atoms with Gasteiger partial charge in [0.05, 0.1) is 5.56 Å². The van der Waals surface area contributed by atoms with Crippen LogP contribution in [0.1, 0.15) is 5.56 Å². The first kappa shape index (κ1) is 7.12. The predicted octanol–water partition coefficient (Wildman–Crippen LogP) is 2.71. The monoisotopic (exact) mass is 145 g/mol. The highest BCUT2D eigenvalue weighted by Gasteiger charge is 2.29. The first-order valence-corrected chi connectivity index (χ1v) is 2.73. The highest BCUT2D eigenvalue weighted by molar-refractivity contribution is 5.17.